The lowest BCUT2D eigenvalue weighted by Gasteiger charge is -1.94. The van der Waals surface area contributed by atoms with Crippen LogP contribution in [0.1, 0.15) is 38.9 Å². The predicted molar refractivity (Wildman–Crippen MR) is 67.9 cm³/mol. The van der Waals surface area contributed by atoms with Crippen molar-refractivity contribution in [1.29, 1.82) is 0 Å². The Balaban J connectivity index is 0.000000555. The lowest BCUT2D eigenvalue weighted by Crippen LogP contribution is -2.31. The lowest BCUT2D eigenvalue weighted by molar-refractivity contribution is -0.678. The van der Waals surface area contributed by atoms with Gasteiger partial charge in [-0.25, -0.2) is 4.57 Å². The Labute approximate surface area is 111 Å². The number of nitrogens with zero attached hydrogens (tertiary/aromatic N) is 2. The van der Waals surface area contributed by atoms with E-state index in [0.29, 0.717) is 0 Å². The van der Waals surface area contributed by atoms with Gasteiger partial charge in [0.05, 0.1) is 7.05 Å². The molecular weight excluding hydrogens is 259 g/mol. The Morgan fingerprint density at radius 2 is 1.84 bits per heavy atom. The molecule has 19 heavy (non-hydrogen) atoms. The number of unbranched alkanes of at least 4 members (excludes halogenated alkanes) is 2. The number of halogens is 4. The van der Waals surface area contributed by atoms with Crippen LogP contribution < -0.4 is 4.57 Å². The molecule has 0 saturated heterocycles. The molecule has 0 fully saturated rings. The molecule has 0 saturated carbocycles. The van der Waals surface area contributed by atoms with Gasteiger partial charge in [0, 0.05) is 12.8 Å². The summed E-state index contributed by atoms with van der Waals surface area (Å²) in [5, 5.41) is 0. The van der Waals surface area contributed by atoms with E-state index in [2.05, 4.69) is 37.4 Å². The number of hydrogen-bond acceptors (Lipinski definition) is 0. The molecule has 0 atom stereocenters. The highest BCUT2D eigenvalue weighted by Gasteiger charge is 2.20. The Bertz CT molecular complexity index is 423. The van der Waals surface area contributed by atoms with Crippen molar-refractivity contribution in [3.05, 3.63) is 18.2 Å². The largest absolute Gasteiger partial charge is 0.673 e. The van der Waals surface area contributed by atoms with Crippen LogP contribution >= 0.6 is 0 Å². The van der Waals surface area contributed by atoms with Crippen LogP contribution in [-0.2, 0) is 13.5 Å². The summed E-state index contributed by atoms with van der Waals surface area (Å²) in [7, 11) is -3.94. The fourth-order valence-corrected chi connectivity index (χ4v) is 1.44. The summed E-state index contributed by atoms with van der Waals surface area (Å²) < 4.78 is 43.1. The molecule has 1 aromatic heterocycles. The molecule has 0 bridgehead atoms. The van der Waals surface area contributed by atoms with E-state index in [1.165, 1.54) is 18.7 Å². The number of rotatable bonds is 3. The molecule has 0 aliphatic heterocycles. The maximum atomic E-state index is 9.75. The Morgan fingerprint density at radius 1 is 1.26 bits per heavy atom. The van der Waals surface area contributed by atoms with E-state index in [9.17, 15) is 17.3 Å². The predicted octanol–water partition coefficient (Wildman–Crippen LogP) is 3.17. The van der Waals surface area contributed by atoms with Crippen LogP contribution in [0.3, 0.4) is 0 Å². The summed E-state index contributed by atoms with van der Waals surface area (Å²) in [4.78, 5) is 0. The van der Waals surface area contributed by atoms with Gasteiger partial charge in [-0.2, -0.15) is 4.57 Å². The van der Waals surface area contributed by atoms with Crippen molar-refractivity contribution in [1.82, 2.24) is 4.57 Å². The first kappa shape index (κ1) is 17.6. The minimum Gasteiger partial charge on any atom is -0.418 e. The van der Waals surface area contributed by atoms with Crippen molar-refractivity contribution in [2.24, 2.45) is 7.05 Å². The average molecular weight is 278 g/mol. The Morgan fingerprint density at radius 3 is 2.32 bits per heavy atom. The maximum Gasteiger partial charge on any atom is 0.673 e. The fourth-order valence-electron chi connectivity index (χ4n) is 1.44. The first-order chi connectivity index (χ1) is 8.79. The second kappa shape index (κ2) is 8.62. The van der Waals surface area contributed by atoms with Crippen LogP contribution in [-0.4, -0.2) is 11.8 Å². The van der Waals surface area contributed by atoms with Gasteiger partial charge < -0.3 is 17.3 Å². The van der Waals surface area contributed by atoms with E-state index in [0.717, 1.165) is 12.8 Å². The second-order valence-electron chi connectivity index (χ2n) is 3.94. The molecule has 0 unspecified atom stereocenters. The third kappa shape index (κ3) is 9.17. The molecule has 0 spiro atoms. The van der Waals surface area contributed by atoms with Gasteiger partial charge in [0.15, 0.2) is 0 Å². The highest BCUT2D eigenvalue weighted by atomic mass is 19.5. The molecule has 1 aromatic rings. The standard InChI is InChI=1S/C12H19N2.BF4/c1-4-6-7-8-9-14-11-10-13(3)12(14)5-2;2-1(3,4)5/h10-11H,4-7H2,1-3H3;/q+1;-1. The Hall–Kier alpha value is -1.45. The van der Waals surface area contributed by atoms with E-state index in [1.807, 2.05) is 17.0 Å². The smallest absolute Gasteiger partial charge is 0.418 e. The van der Waals surface area contributed by atoms with Crippen molar-refractivity contribution < 1.29 is 21.8 Å². The van der Waals surface area contributed by atoms with Crippen molar-refractivity contribution in [2.75, 3.05) is 0 Å². The Kier molecular flexibility index (Phi) is 7.97. The lowest BCUT2D eigenvalue weighted by atomic mass is 10.3. The molecule has 0 aliphatic carbocycles. The first-order valence-electron chi connectivity index (χ1n) is 6.21. The summed E-state index contributed by atoms with van der Waals surface area (Å²) in [6, 6.07) is 3.17. The van der Waals surface area contributed by atoms with Gasteiger partial charge in [0.1, 0.15) is 18.4 Å². The zero-order valence-corrected chi connectivity index (χ0v) is 11.5. The quantitative estimate of drug-likeness (QED) is 0.264. The summed E-state index contributed by atoms with van der Waals surface area (Å²) in [5.41, 5.74) is 0. The minimum absolute atomic E-state index is 1.00. The van der Waals surface area contributed by atoms with Crippen molar-refractivity contribution >= 4 is 7.25 Å². The van der Waals surface area contributed by atoms with Crippen molar-refractivity contribution in [2.45, 2.75) is 39.5 Å². The van der Waals surface area contributed by atoms with E-state index >= 15 is 0 Å². The van der Waals surface area contributed by atoms with Crippen LogP contribution in [0.25, 0.3) is 0 Å². The van der Waals surface area contributed by atoms with Crippen LogP contribution in [0.15, 0.2) is 12.4 Å². The zero-order chi connectivity index (χ0) is 14.9. The first-order valence-corrected chi connectivity index (χ1v) is 6.21. The number of imidazole rings is 1. The topological polar surface area (TPSA) is 8.81 Å². The highest BCUT2D eigenvalue weighted by molar-refractivity contribution is 6.50. The maximum absolute atomic E-state index is 9.75. The number of aryl methyl sites for hydroxylation is 1. The summed E-state index contributed by atoms with van der Waals surface area (Å²) >= 11 is 0. The minimum atomic E-state index is -6.00. The molecule has 0 amide bonds. The van der Waals surface area contributed by atoms with Gasteiger partial charge in [-0.15, -0.1) is 0 Å². The van der Waals surface area contributed by atoms with E-state index in [1.54, 1.807) is 0 Å². The highest BCUT2D eigenvalue weighted by Crippen LogP contribution is 2.06. The van der Waals surface area contributed by atoms with Crippen LogP contribution in [0, 0.1) is 12.0 Å². The third-order valence-electron chi connectivity index (χ3n) is 2.30. The zero-order valence-electron chi connectivity index (χ0n) is 11.5. The number of hydrogen-bond donors (Lipinski definition) is 0. The third-order valence-corrected chi connectivity index (χ3v) is 2.30. The van der Waals surface area contributed by atoms with Gasteiger partial charge in [-0.05, 0) is 6.42 Å². The SMILES string of the molecule is CCCCC#Cn1cc[n+](C)c1CC.F[B-](F)(F)F. The normalized spacial score (nSPS) is 10.3. The number of aromatic nitrogens is 2. The van der Waals surface area contributed by atoms with Crippen LogP contribution in [0.4, 0.5) is 17.3 Å². The van der Waals surface area contributed by atoms with E-state index in [-0.39, 0.29) is 0 Å². The molecule has 0 N–H and O–H groups in total. The van der Waals surface area contributed by atoms with E-state index < -0.39 is 7.25 Å². The molecule has 2 nitrogen and oxygen atoms in total. The molecule has 7 heteroatoms. The molecule has 0 radical (unpaired) electrons. The molecule has 0 aliphatic rings. The van der Waals surface area contributed by atoms with Crippen molar-refractivity contribution in [3.8, 4) is 12.0 Å². The monoisotopic (exact) mass is 278 g/mol. The van der Waals surface area contributed by atoms with Gasteiger partial charge >= 0.3 is 7.25 Å². The molecule has 108 valence electrons. The molecule has 1 rings (SSSR count). The van der Waals surface area contributed by atoms with Gasteiger partial charge in [-0.1, -0.05) is 26.2 Å². The van der Waals surface area contributed by atoms with Crippen LogP contribution in [0.2, 0.25) is 0 Å². The molecular formula is C12H19BF4N2. The fraction of sp³-hybridized carbons (Fsp3) is 0.583. The molecule has 1 heterocycles. The van der Waals surface area contributed by atoms with E-state index in [4.69, 9.17) is 0 Å². The second-order valence-corrected chi connectivity index (χ2v) is 3.94. The summed E-state index contributed by atoms with van der Waals surface area (Å²) in [6.45, 7) is 4.34. The van der Waals surface area contributed by atoms with Gasteiger partial charge in [0.25, 0.3) is 5.82 Å². The summed E-state index contributed by atoms with van der Waals surface area (Å²) in [6.07, 6.45) is 8.51. The summed E-state index contributed by atoms with van der Waals surface area (Å²) in [5.74, 6) is 4.45. The molecule has 0 aromatic carbocycles. The van der Waals surface area contributed by atoms with Gasteiger partial charge in [0.2, 0.25) is 0 Å². The average Bonchev–Trinajstić information content (AvgIpc) is 2.63. The van der Waals surface area contributed by atoms with Gasteiger partial charge in [-0.3, -0.25) is 0 Å². The van der Waals surface area contributed by atoms with Crippen molar-refractivity contribution in [3.63, 3.8) is 0 Å². The van der Waals surface area contributed by atoms with Crippen LogP contribution in [0.5, 0.6) is 0 Å².